The Kier molecular flexibility index (Phi) is 6.20. The fourth-order valence-corrected chi connectivity index (χ4v) is 4.20. The second kappa shape index (κ2) is 9.04. The van der Waals surface area contributed by atoms with Gasteiger partial charge in [0.1, 0.15) is 11.6 Å². The largest absolute Gasteiger partial charge is 0.352 e. The Bertz CT molecular complexity index is 1040. The molecular formula is C24H32N6O. The van der Waals surface area contributed by atoms with E-state index in [0.29, 0.717) is 0 Å². The molecule has 7 heteroatoms. The van der Waals surface area contributed by atoms with Gasteiger partial charge in [0, 0.05) is 38.0 Å². The molecule has 1 atom stereocenters. The monoisotopic (exact) mass is 420 g/mol. The molecule has 1 amide bonds. The van der Waals surface area contributed by atoms with Crippen LogP contribution >= 0.6 is 0 Å². The highest BCUT2D eigenvalue weighted by Crippen LogP contribution is 2.29. The minimum atomic E-state index is 0.0305. The van der Waals surface area contributed by atoms with Crippen molar-refractivity contribution >= 4 is 22.8 Å². The van der Waals surface area contributed by atoms with Crippen molar-refractivity contribution in [1.29, 1.82) is 0 Å². The molecule has 0 aliphatic carbocycles. The Morgan fingerprint density at radius 2 is 1.74 bits per heavy atom. The fourth-order valence-electron chi connectivity index (χ4n) is 4.20. The van der Waals surface area contributed by atoms with Crippen LogP contribution in [0.15, 0.2) is 36.5 Å². The molecule has 0 bridgehead atoms. The number of aromatic nitrogens is 4. The lowest BCUT2D eigenvalue weighted by molar-refractivity contribution is -0.134. The van der Waals surface area contributed by atoms with E-state index in [9.17, 15) is 4.79 Å². The van der Waals surface area contributed by atoms with Gasteiger partial charge in [0.25, 0.3) is 0 Å². The predicted octanol–water partition coefficient (Wildman–Crippen LogP) is 4.02. The first-order chi connectivity index (χ1) is 15.0. The molecule has 2 aromatic heterocycles. The molecule has 1 aliphatic rings. The molecule has 0 radical (unpaired) electrons. The van der Waals surface area contributed by atoms with Crippen molar-refractivity contribution in [3.63, 3.8) is 0 Å². The summed E-state index contributed by atoms with van der Waals surface area (Å²) in [5, 5.41) is 5.62. The van der Waals surface area contributed by atoms with Crippen LogP contribution in [0.2, 0.25) is 0 Å². The standard InChI is InChI=1S/C24H32N6O/c1-5-9-18(4)21-26-22(28-12-14-29(15-13-28)24(31)17(2)3)20-16-25-30(23(20)27-21)19-10-7-6-8-11-19/h6-8,10-11,16-18H,5,9,12-15H2,1-4H3/t18-/m1/s1. The number of fused-ring (bicyclic) bond motifs is 1. The second-order valence-corrected chi connectivity index (χ2v) is 8.69. The first kappa shape index (κ1) is 21.3. The van der Waals surface area contributed by atoms with Gasteiger partial charge in [0.15, 0.2) is 5.65 Å². The van der Waals surface area contributed by atoms with Crippen LogP contribution in [0.4, 0.5) is 5.82 Å². The number of nitrogens with zero attached hydrogens (tertiary/aromatic N) is 6. The molecule has 4 rings (SSSR count). The van der Waals surface area contributed by atoms with E-state index in [1.807, 2.05) is 60.0 Å². The summed E-state index contributed by atoms with van der Waals surface area (Å²) in [5.74, 6) is 2.32. The molecule has 0 saturated carbocycles. The van der Waals surface area contributed by atoms with Crippen LogP contribution in [-0.4, -0.2) is 56.7 Å². The van der Waals surface area contributed by atoms with Gasteiger partial charge in [-0.25, -0.2) is 14.6 Å². The van der Waals surface area contributed by atoms with Crippen LogP contribution in [-0.2, 0) is 4.79 Å². The van der Waals surface area contributed by atoms with Crippen LogP contribution in [0.1, 0.15) is 52.3 Å². The summed E-state index contributed by atoms with van der Waals surface area (Å²) in [6, 6.07) is 10.1. The third kappa shape index (κ3) is 4.27. The highest BCUT2D eigenvalue weighted by atomic mass is 16.2. The molecule has 1 aliphatic heterocycles. The first-order valence-corrected chi connectivity index (χ1v) is 11.3. The molecule has 0 N–H and O–H groups in total. The number of amides is 1. The van der Waals surface area contributed by atoms with E-state index >= 15 is 0 Å². The zero-order valence-electron chi connectivity index (χ0n) is 19.0. The average Bonchev–Trinajstić information content (AvgIpc) is 3.23. The van der Waals surface area contributed by atoms with Crippen LogP contribution in [0.3, 0.4) is 0 Å². The Hall–Kier alpha value is -2.96. The van der Waals surface area contributed by atoms with E-state index in [2.05, 4.69) is 23.8 Å². The molecule has 31 heavy (non-hydrogen) atoms. The number of carbonyl (C=O) groups is 1. The summed E-state index contributed by atoms with van der Waals surface area (Å²) >= 11 is 0. The number of benzene rings is 1. The van der Waals surface area contributed by atoms with Crippen molar-refractivity contribution in [1.82, 2.24) is 24.6 Å². The third-order valence-electron chi connectivity index (χ3n) is 5.97. The maximum atomic E-state index is 12.4. The number of anilines is 1. The van der Waals surface area contributed by atoms with Crippen LogP contribution < -0.4 is 4.90 Å². The van der Waals surface area contributed by atoms with E-state index in [0.717, 1.165) is 67.4 Å². The fraction of sp³-hybridized carbons (Fsp3) is 0.500. The summed E-state index contributed by atoms with van der Waals surface area (Å²) in [4.78, 5) is 26.6. The van der Waals surface area contributed by atoms with Gasteiger partial charge < -0.3 is 9.80 Å². The summed E-state index contributed by atoms with van der Waals surface area (Å²) in [7, 11) is 0. The molecule has 0 unspecified atom stereocenters. The number of hydrogen-bond donors (Lipinski definition) is 0. The van der Waals surface area contributed by atoms with E-state index in [4.69, 9.17) is 9.97 Å². The maximum absolute atomic E-state index is 12.4. The molecule has 3 aromatic rings. The molecule has 3 heterocycles. The number of piperazine rings is 1. The van der Waals surface area contributed by atoms with Gasteiger partial charge in [0.2, 0.25) is 5.91 Å². The Labute approximate surface area is 184 Å². The number of para-hydroxylation sites is 1. The Balaban J connectivity index is 1.72. The van der Waals surface area contributed by atoms with Gasteiger partial charge in [-0.2, -0.15) is 5.10 Å². The van der Waals surface area contributed by atoms with E-state index in [-0.39, 0.29) is 17.7 Å². The quantitative estimate of drug-likeness (QED) is 0.602. The first-order valence-electron chi connectivity index (χ1n) is 11.3. The van der Waals surface area contributed by atoms with Crippen LogP contribution in [0.5, 0.6) is 0 Å². The van der Waals surface area contributed by atoms with Gasteiger partial charge in [0.05, 0.1) is 17.3 Å². The van der Waals surface area contributed by atoms with Gasteiger partial charge in [-0.15, -0.1) is 0 Å². The predicted molar refractivity (Wildman–Crippen MR) is 124 cm³/mol. The smallest absolute Gasteiger partial charge is 0.225 e. The van der Waals surface area contributed by atoms with Crippen LogP contribution in [0.25, 0.3) is 16.7 Å². The van der Waals surface area contributed by atoms with E-state index in [1.54, 1.807) is 0 Å². The number of carbonyl (C=O) groups excluding carboxylic acids is 1. The summed E-state index contributed by atoms with van der Waals surface area (Å²) in [5.41, 5.74) is 1.83. The maximum Gasteiger partial charge on any atom is 0.225 e. The Morgan fingerprint density at radius 3 is 2.39 bits per heavy atom. The zero-order valence-corrected chi connectivity index (χ0v) is 19.0. The number of rotatable bonds is 6. The van der Waals surface area contributed by atoms with Crippen molar-refractivity contribution in [3.05, 3.63) is 42.4 Å². The van der Waals surface area contributed by atoms with Crippen molar-refractivity contribution < 1.29 is 4.79 Å². The second-order valence-electron chi connectivity index (χ2n) is 8.69. The van der Waals surface area contributed by atoms with Gasteiger partial charge in [-0.3, -0.25) is 4.79 Å². The molecule has 1 aromatic carbocycles. The van der Waals surface area contributed by atoms with Gasteiger partial charge in [-0.1, -0.05) is 52.3 Å². The van der Waals surface area contributed by atoms with Crippen molar-refractivity contribution in [2.45, 2.75) is 46.5 Å². The third-order valence-corrected chi connectivity index (χ3v) is 5.97. The topological polar surface area (TPSA) is 67.2 Å². The highest BCUT2D eigenvalue weighted by Gasteiger charge is 2.26. The molecule has 7 nitrogen and oxygen atoms in total. The highest BCUT2D eigenvalue weighted by molar-refractivity contribution is 5.88. The van der Waals surface area contributed by atoms with Crippen molar-refractivity contribution in [2.75, 3.05) is 31.1 Å². The molecular weight excluding hydrogens is 388 g/mol. The zero-order chi connectivity index (χ0) is 22.0. The minimum absolute atomic E-state index is 0.0305. The molecule has 1 fully saturated rings. The summed E-state index contributed by atoms with van der Waals surface area (Å²) in [6.07, 6.45) is 4.00. The minimum Gasteiger partial charge on any atom is -0.352 e. The van der Waals surface area contributed by atoms with Gasteiger partial charge >= 0.3 is 0 Å². The normalized spacial score (nSPS) is 15.6. The van der Waals surface area contributed by atoms with E-state index < -0.39 is 0 Å². The Morgan fingerprint density at radius 1 is 1.03 bits per heavy atom. The lowest BCUT2D eigenvalue weighted by Gasteiger charge is -2.36. The lowest BCUT2D eigenvalue weighted by Crippen LogP contribution is -2.50. The number of hydrogen-bond acceptors (Lipinski definition) is 5. The van der Waals surface area contributed by atoms with Crippen molar-refractivity contribution in [2.24, 2.45) is 5.92 Å². The summed E-state index contributed by atoms with van der Waals surface area (Å²) in [6.45, 7) is 11.3. The molecule has 164 valence electrons. The van der Waals surface area contributed by atoms with Crippen molar-refractivity contribution in [3.8, 4) is 5.69 Å². The van der Waals surface area contributed by atoms with E-state index in [1.165, 1.54) is 0 Å². The lowest BCUT2D eigenvalue weighted by atomic mass is 10.1. The SMILES string of the molecule is CCC[C@@H](C)c1nc(N2CCN(C(=O)C(C)C)CC2)c2cnn(-c3ccccc3)c2n1. The average molecular weight is 421 g/mol. The summed E-state index contributed by atoms with van der Waals surface area (Å²) < 4.78 is 1.90. The molecule has 1 saturated heterocycles. The van der Waals surface area contributed by atoms with Gasteiger partial charge in [-0.05, 0) is 18.6 Å². The van der Waals surface area contributed by atoms with Crippen LogP contribution in [0, 0.1) is 5.92 Å². The molecule has 0 spiro atoms.